The fourth-order valence-electron chi connectivity index (χ4n) is 2.18. The Balaban J connectivity index is 2.49. The lowest BCUT2D eigenvalue weighted by Gasteiger charge is -2.32. The van der Waals surface area contributed by atoms with Crippen molar-refractivity contribution in [2.75, 3.05) is 19.6 Å². The number of rotatable bonds is 5. The summed E-state index contributed by atoms with van der Waals surface area (Å²) < 4.78 is 0. The van der Waals surface area contributed by atoms with Crippen LogP contribution in [-0.4, -0.2) is 36.5 Å². The zero-order valence-corrected chi connectivity index (χ0v) is 10.5. The Morgan fingerprint density at radius 3 is 2.62 bits per heavy atom. The van der Waals surface area contributed by atoms with Crippen molar-refractivity contribution in [3.63, 3.8) is 0 Å². The zero-order chi connectivity index (χ0) is 12.0. The van der Waals surface area contributed by atoms with Gasteiger partial charge in [0.05, 0.1) is 0 Å². The van der Waals surface area contributed by atoms with E-state index in [0.29, 0.717) is 18.4 Å². The minimum atomic E-state index is 0.212. The molecule has 1 rings (SSSR count). The second-order valence-corrected chi connectivity index (χ2v) is 4.83. The quantitative estimate of drug-likeness (QED) is 0.722. The molecule has 1 aliphatic heterocycles. The zero-order valence-electron chi connectivity index (χ0n) is 10.5. The van der Waals surface area contributed by atoms with Gasteiger partial charge < -0.3 is 10.2 Å². The first-order valence-electron chi connectivity index (χ1n) is 6.26. The summed E-state index contributed by atoms with van der Waals surface area (Å²) in [4.78, 5) is 13.9. The predicted octanol–water partition coefficient (Wildman–Crippen LogP) is 1.80. The molecule has 0 bridgehead atoms. The molecule has 1 amide bonds. The molecule has 1 heterocycles. The van der Waals surface area contributed by atoms with Crippen molar-refractivity contribution < 1.29 is 4.79 Å². The van der Waals surface area contributed by atoms with Crippen LogP contribution in [0.2, 0.25) is 0 Å². The van der Waals surface area contributed by atoms with E-state index < -0.39 is 0 Å². The second-order valence-electron chi connectivity index (χ2n) is 4.83. The van der Waals surface area contributed by atoms with Crippen LogP contribution in [0.25, 0.3) is 0 Å². The third-order valence-electron chi connectivity index (χ3n) is 3.18. The topological polar surface area (TPSA) is 32.3 Å². The van der Waals surface area contributed by atoms with Crippen LogP contribution in [0.4, 0.5) is 0 Å². The van der Waals surface area contributed by atoms with Gasteiger partial charge in [0, 0.05) is 19.0 Å². The van der Waals surface area contributed by atoms with Gasteiger partial charge in [-0.05, 0) is 45.7 Å². The van der Waals surface area contributed by atoms with Crippen molar-refractivity contribution in [3.05, 3.63) is 12.7 Å². The van der Waals surface area contributed by atoms with Crippen molar-refractivity contribution >= 4 is 5.91 Å². The molecule has 0 saturated carbocycles. The molecule has 0 aromatic heterocycles. The van der Waals surface area contributed by atoms with Crippen LogP contribution in [0.1, 0.15) is 33.1 Å². The normalized spacial score (nSPS) is 17.4. The minimum absolute atomic E-state index is 0.212. The highest BCUT2D eigenvalue weighted by Crippen LogP contribution is 2.15. The van der Waals surface area contributed by atoms with Crippen LogP contribution in [0.3, 0.4) is 0 Å². The van der Waals surface area contributed by atoms with E-state index in [4.69, 9.17) is 0 Å². The molecular weight excluding hydrogens is 200 g/mol. The van der Waals surface area contributed by atoms with Crippen molar-refractivity contribution in [2.24, 2.45) is 5.92 Å². The standard InChI is InChI=1S/C13H24N2O/c1-4-5-13(16)15(11(2)3)10-12-6-8-14-9-7-12/h4,11-12,14H,1,5-10H2,2-3H3. The minimum Gasteiger partial charge on any atom is -0.340 e. The number of hydrogen-bond acceptors (Lipinski definition) is 2. The Morgan fingerprint density at radius 2 is 2.12 bits per heavy atom. The molecule has 0 atom stereocenters. The number of nitrogens with one attached hydrogen (secondary N) is 1. The van der Waals surface area contributed by atoms with Crippen LogP contribution in [0.15, 0.2) is 12.7 Å². The predicted molar refractivity (Wildman–Crippen MR) is 67.3 cm³/mol. The molecule has 1 saturated heterocycles. The molecule has 0 aromatic carbocycles. The molecule has 0 aromatic rings. The molecule has 1 fully saturated rings. The fraction of sp³-hybridized carbons (Fsp3) is 0.769. The van der Waals surface area contributed by atoms with Crippen LogP contribution in [-0.2, 0) is 4.79 Å². The van der Waals surface area contributed by atoms with E-state index in [-0.39, 0.29) is 5.91 Å². The fourth-order valence-corrected chi connectivity index (χ4v) is 2.18. The van der Waals surface area contributed by atoms with Gasteiger partial charge in [-0.15, -0.1) is 6.58 Å². The van der Waals surface area contributed by atoms with Gasteiger partial charge >= 0.3 is 0 Å². The molecular formula is C13H24N2O. The Kier molecular flexibility index (Phi) is 5.53. The number of amides is 1. The maximum Gasteiger partial charge on any atom is 0.226 e. The first-order chi connectivity index (χ1) is 7.65. The van der Waals surface area contributed by atoms with Gasteiger partial charge in [0.15, 0.2) is 0 Å². The smallest absolute Gasteiger partial charge is 0.226 e. The molecule has 0 unspecified atom stereocenters. The van der Waals surface area contributed by atoms with Crippen LogP contribution in [0.5, 0.6) is 0 Å². The van der Waals surface area contributed by atoms with Crippen molar-refractivity contribution in [1.29, 1.82) is 0 Å². The van der Waals surface area contributed by atoms with E-state index in [1.54, 1.807) is 6.08 Å². The Hall–Kier alpha value is -0.830. The lowest BCUT2D eigenvalue weighted by molar-refractivity contribution is -0.132. The van der Waals surface area contributed by atoms with E-state index >= 15 is 0 Å². The third kappa shape index (κ3) is 3.97. The van der Waals surface area contributed by atoms with Crippen LogP contribution >= 0.6 is 0 Å². The molecule has 0 spiro atoms. The first-order valence-corrected chi connectivity index (χ1v) is 6.26. The summed E-state index contributed by atoms with van der Waals surface area (Å²) in [5.74, 6) is 0.876. The largest absolute Gasteiger partial charge is 0.340 e. The van der Waals surface area contributed by atoms with E-state index in [1.807, 2.05) is 4.90 Å². The molecule has 0 radical (unpaired) electrons. The number of hydrogen-bond donors (Lipinski definition) is 1. The molecule has 0 aliphatic carbocycles. The van der Waals surface area contributed by atoms with E-state index in [9.17, 15) is 4.79 Å². The summed E-state index contributed by atoms with van der Waals surface area (Å²) in [6, 6.07) is 0.294. The van der Waals surface area contributed by atoms with Gasteiger partial charge in [-0.25, -0.2) is 0 Å². The number of piperidine rings is 1. The van der Waals surface area contributed by atoms with Crippen molar-refractivity contribution in [3.8, 4) is 0 Å². The van der Waals surface area contributed by atoms with Crippen molar-refractivity contribution in [2.45, 2.75) is 39.2 Å². The Bertz CT molecular complexity index is 232. The molecule has 92 valence electrons. The van der Waals surface area contributed by atoms with Gasteiger partial charge in [0.1, 0.15) is 0 Å². The maximum absolute atomic E-state index is 11.9. The van der Waals surface area contributed by atoms with Crippen molar-refractivity contribution in [1.82, 2.24) is 10.2 Å². The molecule has 3 heteroatoms. The maximum atomic E-state index is 11.9. The van der Waals surface area contributed by atoms with Gasteiger partial charge in [0.2, 0.25) is 5.91 Å². The highest BCUT2D eigenvalue weighted by atomic mass is 16.2. The molecule has 3 nitrogen and oxygen atoms in total. The average Bonchev–Trinajstić information content (AvgIpc) is 2.27. The SMILES string of the molecule is C=CCC(=O)N(CC1CCNCC1)C(C)C. The summed E-state index contributed by atoms with van der Waals surface area (Å²) >= 11 is 0. The van der Waals surface area contributed by atoms with Crippen LogP contribution < -0.4 is 5.32 Å². The summed E-state index contributed by atoms with van der Waals surface area (Å²) in [7, 11) is 0. The number of carbonyl (C=O) groups excluding carboxylic acids is 1. The van der Waals surface area contributed by atoms with Crippen LogP contribution in [0, 0.1) is 5.92 Å². The molecule has 1 aliphatic rings. The number of carbonyl (C=O) groups is 1. The Morgan fingerprint density at radius 1 is 1.50 bits per heavy atom. The van der Waals surface area contributed by atoms with Gasteiger partial charge in [-0.1, -0.05) is 6.08 Å². The lowest BCUT2D eigenvalue weighted by atomic mass is 9.97. The summed E-state index contributed by atoms with van der Waals surface area (Å²) in [6.45, 7) is 10.9. The van der Waals surface area contributed by atoms with Gasteiger partial charge in [-0.3, -0.25) is 4.79 Å². The van der Waals surface area contributed by atoms with Gasteiger partial charge in [0.25, 0.3) is 0 Å². The van der Waals surface area contributed by atoms with E-state index in [2.05, 4.69) is 25.7 Å². The lowest BCUT2D eigenvalue weighted by Crippen LogP contribution is -2.42. The molecule has 16 heavy (non-hydrogen) atoms. The summed E-state index contributed by atoms with van der Waals surface area (Å²) in [6.07, 6.45) is 4.53. The second kappa shape index (κ2) is 6.69. The highest BCUT2D eigenvalue weighted by Gasteiger charge is 2.21. The van der Waals surface area contributed by atoms with E-state index in [1.165, 1.54) is 12.8 Å². The highest BCUT2D eigenvalue weighted by molar-refractivity contribution is 5.77. The Labute approximate surface area is 98.9 Å². The van der Waals surface area contributed by atoms with E-state index in [0.717, 1.165) is 19.6 Å². The monoisotopic (exact) mass is 224 g/mol. The summed E-state index contributed by atoms with van der Waals surface area (Å²) in [5, 5.41) is 3.35. The first kappa shape index (κ1) is 13.2. The number of nitrogens with zero attached hydrogens (tertiary/aromatic N) is 1. The molecule has 1 N–H and O–H groups in total. The third-order valence-corrected chi connectivity index (χ3v) is 3.18. The summed E-state index contributed by atoms with van der Waals surface area (Å²) in [5.41, 5.74) is 0. The van der Waals surface area contributed by atoms with Gasteiger partial charge in [-0.2, -0.15) is 0 Å². The average molecular weight is 224 g/mol.